The Labute approximate surface area is 194 Å². The van der Waals surface area contributed by atoms with E-state index in [9.17, 15) is 31.5 Å². The van der Waals surface area contributed by atoms with Crippen LogP contribution in [0.25, 0.3) is 0 Å². The minimum absolute atomic E-state index is 0.0468. The molecule has 0 heterocycles. The van der Waals surface area contributed by atoms with Gasteiger partial charge >= 0.3 is 18.1 Å². The number of alkyl halides is 3. The molecule has 188 valence electrons. The lowest BCUT2D eigenvalue weighted by molar-refractivity contribution is -0.192. The number of aliphatic carboxylic acids is 1. The lowest BCUT2D eigenvalue weighted by Gasteiger charge is -2.23. The zero-order valence-electron chi connectivity index (χ0n) is 18.6. The Morgan fingerprint density at radius 2 is 1.53 bits per heavy atom. The molecule has 0 saturated heterocycles. The molecule has 2 rings (SSSR count). The fourth-order valence-corrected chi connectivity index (χ4v) is 3.76. The Morgan fingerprint density at radius 3 is 1.94 bits per heavy atom. The van der Waals surface area contributed by atoms with Crippen molar-refractivity contribution in [3.8, 4) is 5.75 Å². The number of nitrogens with one attached hydrogen (secondary N) is 1. The summed E-state index contributed by atoms with van der Waals surface area (Å²) in [5.41, 5.74) is 0.791. The van der Waals surface area contributed by atoms with E-state index in [0.717, 1.165) is 0 Å². The number of halogens is 3. The summed E-state index contributed by atoms with van der Waals surface area (Å²) in [6.07, 6.45) is -5.08. The van der Waals surface area contributed by atoms with E-state index in [4.69, 9.17) is 14.6 Å². The first-order valence-electron chi connectivity index (χ1n) is 9.94. The Hall–Kier alpha value is -3.48. The highest BCUT2D eigenvalue weighted by molar-refractivity contribution is 7.92. The first-order valence-corrected chi connectivity index (χ1v) is 11.4. The summed E-state index contributed by atoms with van der Waals surface area (Å²) >= 11 is 0. The van der Waals surface area contributed by atoms with E-state index in [2.05, 4.69) is 4.72 Å². The maximum absolute atomic E-state index is 12.6. The topological polar surface area (TPSA) is 133 Å². The molecule has 0 aromatic heterocycles. The normalized spacial score (nSPS) is 11.1. The summed E-state index contributed by atoms with van der Waals surface area (Å²) in [6.45, 7) is 7.48. The number of hydrogen-bond donors (Lipinski definition) is 3. The van der Waals surface area contributed by atoms with Crippen LogP contribution in [0, 0.1) is 0 Å². The van der Waals surface area contributed by atoms with Gasteiger partial charge in [0.1, 0.15) is 5.75 Å². The fraction of sp³-hybridized carbons (Fsp3) is 0.333. The van der Waals surface area contributed by atoms with Gasteiger partial charge in [0.05, 0.1) is 22.8 Å². The van der Waals surface area contributed by atoms with Gasteiger partial charge in [0.15, 0.2) is 0 Å². The average molecular weight is 506 g/mol. The Morgan fingerprint density at radius 1 is 1.00 bits per heavy atom. The van der Waals surface area contributed by atoms with Crippen molar-refractivity contribution >= 4 is 33.3 Å². The van der Waals surface area contributed by atoms with Crippen molar-refractivity contribution in [2.24, 2.45) is 0 Å². The van der Waals surface area contributed by atoms with Gasteiger partial charge < -0.3 is 19.8 Å². The third-order valence-electron chi connectivity index (χ3n) is 4.27. The van der Waals surface area contributed by atoms with Crippen LogP contribution in [-0.4, -0.2) is 56.4 Å². The molecule has 9 nitrogen and oxygen atoms in total. The number of rotatable bonds is 9. The van der Waals surface area contributed by atoms with E-state index >= 15 is 0 Å². The van der Waals surface area contributed by atoms with Crippen LogP contribution in [0.15, 0.2) is 47.4 Å². The van der Waals surface area contributed by atoms with E-state index in [1.54, 1.807) is 24.3 Å². The molecule has 2 aromatic rings. The van der Waals surface area contributed by atoms with E-state index < -0.39 is 28.1 Å². The number of carboxylic acids is 2. The molecule has 0 fully saturated rings. The highest BCUT2D eigenvalue weighted by Crippen LogP contribution is 2.26. The smallest absolute Gasteiger partial charge is 0.490 e. The van der Waals surface area contributed by atoms with Crippen LogP contribution in [0.2, 0.25) is 0 Å². The van der Waals surface area contributed by atoms with E-state index in [1.807, 2.05) is 25.7 Å². The zero-order chi connectivity index (χ0) is 26.1. The molecule has 0 spiro atoms. The van der Waals surface area contributed by atoms with Gasteiger partial charge in [-0.2, -0.15) is 13.2 Å². The molecule has 0 aliphatic carbocycles. The van der Waals surface area contributed by atoms with Crippen LogP contribution >= 0.6 is 0 Å². The van der Waals surface area contributed by atoms with Crippen molar-refractivity contribution in [3.05, 3.63) is 48.0 Å². The molecule has 13 heteroatoms. The highest BCUT2D eigenvalue weighted by atomic mass is 32.2. The maximum atomic E-state index is 12.6. The van der Waals surface area contributed by atoms with Crippen LogP contribution in [0.1, 0.15) is 31.1 Å². The Kier molecular flexibility index (Phi) is 10.2. The summed E-state index contributed by atoms with van der Waals surface area (Å²) in [4.78, 5) is 22.5. The molecule has 0 radical (unpaired) electrons. The molecule has 34 heavy (non-hydrogen) atoms. The largest absolute Gasteiger partial charge is 0.494 e. The number of aromatic carboxylic acids is 1. The van der Waals surface area contributed by atoms with E-state index in [1.165, 1.54) is 18.2 Å². The fourth-order valence-electron chi connectivity index (χ4n) is 2.71. The number of sulfonamides is 1. The van der Waals surface area contributed by atoms with Gasteiger partial charge in [-0.3, -0.25) is 4.72 Å². The Bertz CT molecular complexity index is 1080. The molecule has 2 aromatic carbocycles. The third kappa shape index (κ3) is 8.14. The number of benzene rings is 2. The van der Waals surface area contributed by atoms with Crippen LogP contribution in [-0.2, 0) is 14.8 Å². The lowest BCUT2D eigenvalue weighted by atomic mass is 10.1. The van der Waals surface area contributed by atoms with E-state index in [-0.39, 0.29) is 16.1 Å². The number of carboxylic acid groups (broad SMARTS) is 2. The summed E-state index contributed by atoms with van der Waals surface area (Å²) in [5.74, 6) is -3.29. The summed E-state index contributed by atoms with van der Waals surface area (Å²) < 4.78 is 64.6. The second-order valence-corrected chi connectivity index (χ2v) is 8.20. The number of nitrogens with zero attached hydrogens (tertiary/aromatic N) is 1. The number of ether oxygens (including phenoxy) is 1. The average Bonchev–Trinajstić information content (AvgIpc) is 2.75. The second-order valence-electron chi connectivity index (χ2n) is 6.52. The lowest BCUT2D eigenvalue weighted by Crippen LogP contribution is -2.24. The van der Waals surface area contributed by atoms with Crippen molar-refractivity contribution in [1.82, 2.24) is 0 Å². The Balaban J connectivity index is 0.000000718. The molecule has 0 aliphatic heterocycles. The molecule has 0 atom stereocenters. The maximum Gasteiger partial charge on any atom is 0.490 e. The number of carbonyl (C=O) groups is 2. The third-order valence-corrected chi connectivity index (χ3v) is 5.67. The zero-order valence-corrected chi connectivity index (χ0v) is 19.4. The van der Waals surface area contributed by atoms with Gasteiger partial charge in [-0.15, -0.1) is 0 Å². The van der Waals surface area contributed by atoms with Crippen molar-refractivity contribution in [2.45, 2.75) is 31.8 Å². The molecule has 0 bridgehead atoms. The summed E-state index contributed by atoms with van der Waals surface area (Å²) in [6, 6.07) is 10.5. The van der Waals surface area contributed by atoms with E-state index in [0.29, 0.717) is 31.1 Å². The molecular formula is C21H25F3N2O7S. The SMILES string of the molecule is CCOc1ccc(S(=O)(=O)Nc2ccc(N(CC)CC)c(C(=O)O)c2)cc1.O=C(O)C(F)(F)F. The minimum Gasteiger partial charge on any atom is -0.494 e. The molecule has 0 saturated carbocycles. The molecular weight excluding hydrogens is 481 g/mol. The van der Waals surface area contributed by atoms with Gasteiger partial charge in [0.2, 0.25) is 0 Å². The van der Waals surface area contributed by atoms with Crippen LogP contribution in [0.5, 0.6) is 5.75 Å². The number of anilines is 2. The van der Waals surface area contributed by atoms with Gasteiger partial charge in [-0.1, -0.05) is 0 Å². The van der Waals surface area contributed by atoms with Crippen molar-refractivity contribution in [3.63, 3.8) is 0 Å². The van der Waals surface area contributed by atoms with Gasteiger partial charge in [-0.05, 0) is 63.2 Å². The van der Waals surface area contributed by atoms with Gasteiger partial charge in [0, 0.05) is 18.8 Å². The molecule has 3 N–H and O–H groups in total. The number of hydrogen-bond acceptors (Lipinski definition) is 6. The summed E-state index contributed by atoms with van der Waals surface area (Å²) in [5, 5.41) is 16.6. The molecule has 0 aliphatic rings. The molecule has 0 unspecified atom stereocenters. The van der Waals surface area contributed by atoms with Gasteiger partial charge in [-0.25, -0.2) is 18.0 Å². The quantitative estimate of drug-likeness (QED) is 0.464. The standard InChI is InChI=1S/C19H24N2O5S.C2HF3O2/c1-4-21(5-2)18-12-7-14(13-17(18)19(22)23)20-27(24,25)16-10-8-15(9-11-16)26-6-3;3-2(4,5)1(6)7/h7-13,20H,4-6H2,1-3H3,(H,22,23);(H,6,7). The minimum atomic E-state index is -5.08. The van der Waals surface area contributed by atoms with Crippen LogP contribution in [0.3, 0.4) is 0 Å². The predicted molar refractivity (Wildman–Crippen MR) is 119 cm³/mol. The highest BCUT2D eigenvalue weighted by Gasteiger charge is 2.38. The van der Waals surface area contributed by atoms with Crippen molar-refractivity contribution in [1.29, 1.82) is 0 Å². The van der Waals surface area contributed by atoms with Crippen molar-refractivity contribution < 1.29 is 46.1 Å². The predicted octanol–water partition coefficient (Wildman–Crippen LogP) is 4.06. The summed E-state index contributed by atoms with van der Waals surface area (Å²) in [7, 11) is -3.84. The first kappa shape index (κ1) is 28.6. The van der Waals surface area contributed by atoms with Crippen molar-refractivity contribution in [2.75, 3.05) is 29.3 Å². The van der Waals surface area contributed by atoms with Crippen LogP contribution in [0.4, 0.5) is 24.5 Å². The monoisotopic (exact) mass is 506 g/mol. The molecule has 0 amide bonds. The second kappa shape index (κ2) is 12.1. The van der Waals surface area contributed by atoms with Gasteiger partial charge in [0.25, 0.3) is 10.0 Å². The first-order chi connectivity index (χ1) is 15.8. The van der Waals surface area contributed by atoms with Crippen LogP contribution < -0.4 is 14.4 Å².